The quantitative estimate of drug-likeness (QED) is 0.562. The summed E-state index contributed by atoms with van der Waals surface area (Å²) in [6.45, 7) is 3.03. The van der Waals surface area contributed by atoms with E-state index in [4.69, 9.17) is 18.0 Å². The lowest BCUT2D eigenvalue weighted by atomic mass is 10.1. The minimum absolute atomic E-state index is 0.0214. The summed E-state index contributed by atoms with van der Waals surface area (Å²) in [6, 6.07) is 0.0214. The summed E-state index contributed by atoms with van der Waals surface area (Å²) >= 11 is 5.01. The number of likely N-dealkylation sites (tertiary alicyclic amines) is 1. The second-order valence-electron chi connectivity index (χ2n) is 4.81. The molecule has 0 bridgehead atoms. The van der Waals surface area contributed by atoms with Crippen molar-refractivity contribution in [2.45, 2.75) is 64.3 Å². The zero-order valence-electron chi connectivity index (χ0n) is 10.8. The zero-order valence-corrected chi connectivity index (χ0v) is 11.6. The number of carbonyl (C=O) groups is 1. The molecule has 0 aromatic rings. The average Bonchev–Trinajstić information content (AvgIpc) is 2.77. The molecule has 0 spiro atoms. The second kappa shape index (κ2) is 7.64. The van der Waals surface area contributed by atoms with Crippen molar-refractivity contribution in [3.05, 3.63) is 0 Å². The zero-order chi connectivity index (χ0) is 12.7. The van der Waals surface area contributed by atoms with Crippen molar-refractivity contribution >= 4 is 23.1 Å². The monoisotopic (exact) mass is 256 g/mol. The molecule has 0 aromatic carbocycles. The molecule has 1 amide bonds. The first-order valence-corrected chi connectivity index (χ1v) is 7.16. The Labute approximate surface area is 110 Å². The lowest BCUT2D eigenvalue weighted by Gasteiger charge is -2.23. The van der Waals surface area contributed by atoms with E-state index < -0.39 is 0 Å². The first-order valence-electron chi connectivity index (χ1n) is 6.75. The SMILES string of the molecule is CCCCCCCC(=O)N1CCCC1C(N)=S. The van der Waals surface area contributed by atoms with E-state index >= 15 is 0 Å². The van der Waals surface area contributed by atoms with Crippen LogP contribution in [0.3, 0.4) is 0 Å². The Balaban J connectivity index is 2.25. The van der Waals surface area contributed by atoms with E-state index in [0.717, 1.165) is 32.2 Å². The Morgan fingerprint density at radius 1 is 1.35 bits per heavy atom. The van der Waals surface area contributed by atoms with Crippen LogP contribution in [0.15, 0.2) is 0 Å². The van der Waals surface area contributed by atoms with Crippen LogP contribution in [0.5, 0.6) is 0 Å². The van der Waals surface area contributed by atoms with Gasteiger partial charge in [0.15, 0.2) is 0 Å². The Kier molecular flexibility index (Phi) is 6.48. The van der Waals surface area contributed by atoms with Crippen molar-refractivity contribution in [3.8, 4) is 0 Å². The van der Waals surface area contributed by atoms with E-state index in [2.05, 4.69) is 6.92 Å². The molecule has 4 heteroatoms. The van der Waals surface area contributed by atoms with Crippen molar-refractivity contribution in [3.63, 3.8) is 0 Å². The summed E-state index contributed by atoms with van der Waals surface area (Å²) in [6.07, 6.45) is 8.54. The summed E-state index contributed by atoms with van der Waals surface area (Å²) in [4.78, 5) is 14.4. The molecule has 98 valence electrons. The first kappa shape index (κ1) is 14.4. The van der Waals surface area contributed by atoms with Crippen LogP contribution < -0.4 is 5.73 Å². The minimum Gasteiger partial charge on any atom is -0.392 e. The van der Waals surface area contributed by atoms with Gasteiger partial charge in [-0.25, -0.2) is 0 Å². The summed E-state index contributed by atoms with van der Waals surface area (Å²) in [7, 11) is 0. The van der Waals surface area contributed by atoms with Crippen molar-refractivity contribution < 1.29 is 4.79 Å². The first-order chi connectivity index (χ1) is 8.16. The van der Waals surface area contributed by atoms with Crippen LogP contribution in [0.4, 0.5) is 0 Å². The molecule has 2 N–H and O–H groups in total. The van der Waals surface area contributed by atoms with Crippen molar-refractivity contribution in [2.75, 3.05) is 6.54 Å². The maximum absolute atomic E-state index is 12.0. The number of hydrogen-bond acceptors (Lipinski definition) is 2. The summed E-state index contributed by atoms with van der Waals surface area (Å²) in [5.41, 5.74) is 5.66. The maximum Gasteiger partial charge on any atom is 0.223 e. The van der Waals surface area contributed by atoms with Gasteiger partial charge in [-0.05, 0) is 19.3 Å². The highest BCUT2D eigenvalue weighted by Gasteiger charge is 2.29. The predicted molar refractivity (Wildman–Crippen MR) is 74.9 cm³/mol. The highest BCUT2D eigenvalue weighted by atomic mass is 32.1. The van der Waals surface area contributed by atoms with Gasteiger partial charge in [0.25, 0.3) is 0 Å². The van der Waals surface area contributed by atoms with Crippen molar-refractivity contribution in [2.24, 2.45) is 5.73 Å². The Morgan fingerprint density at radius 3 is 2.71 bits per heavy atom. The van der Waals surface area contributed by atoms with Gasteiger partial charge in [0.05, 0.1) is 11.0 Å². The molecule has 0 aliphatic carbocycles. The molecule has 17 heavy (non-hydrogen) atoms. The molecule has 1 aliphatic rings. The van der Waals surface area contributed by atoms with Gasteiger partial charge in [-0.3, -0.25) is 4.79 Å². The Morgan fingerprint density at radius 2 is 2.06 bits per heavy atom. The highest BCUT2D eigenvalue weighted by molar-refractivity contribution is 7.80. The molecule has 1 unspecified atom stereocenters. The fraction of sp³-hybridized carbons (Fsp3) is 0.846. The molecule has 1 aliphatic heterocycles. The molecular weight excluding hydrogens is 232 g/mol. The number of unbranched alkanes of at least 4 members (excludes halogenated alkanes) is 4. The van der Waals surface area contributed by atoms with Crippen LogP contribution in [0.25, 0.3) is 0 Å². The van der Waals surface area contributed by atoms with Gasteiger partial charge >= 0.3 is 0 Å². The molecule has 1 fully saturated rings. The third kappa shape index (κ3) is 4.62. The van der Waals surface area contributed by atoms with Crippen LogP contribution in [0, 0.1) is 0 Å². The smallest absolute Gasteiger partial charge is 0.223 e. The van der Waals surface area contributed by atoms with E-state index in [1.54, 1.807) is 0 Å². The summed E-state index contributed by atoms with van der Waals surface area (Å²) < 4.78 is 0. The van der Waals surface area contributed by atoms with Gasteiger partial charge in [0, 0.05) is 13.0 Å². The fourth-order valence-corrected chi connectivity index (χ4v) is 2.63. The van der Waals surface area contributed by atoms with Crippen molar-refractivity contribution in [1.82, 2.24) is 4.90 Å². The van der Waals surface area contributed by atoms with Crippen LogP contribution in [0.2, 0.25) is 0 Å². The molecule has 1 atom stereocenters. The minimum atomic E-state index is 0.0214. The molecular formula is C13H24N2OS. The van der Waals surface area contributed by atoms with Gasteiger partial charge in [-0.1, -0.05) is 44.8 Å². The summed E-state index contributed by atoms with van der Waals surface area (Å²) in [5.74, 6) is 0.233. The normalized spacial score (nSPS) is 19.6. The van der Waals surface area contributed by atoms with Crippen LogP contribution in [-0.4, -0.2) is 28.4 Å². The van der Waals surface area contributed by atoms with Gasteiger partial charge in [-0.15, -0.1) is 0 Å². The van der Waals surface area contributed by atoms with Gasteiger partial charge in [0.2, 0.25) is 5.91 Å². The number of amides is 1. The second-order valence-corrected chi connectivity index (χ2v) is 5.28. The third-order valence-corrected chi connectivity index (χ3v) is 3.67. The number of carbonyl (C=O) groups excluding carboxylic acids is 1. The maximum atomic E-state index is 12.0. The average molecular weight is 256 g/mol. The molecule has 1 saturated heterocycles. The Hall–Kier alpha value is -0.640. The molecule has 0 saturated carbocycles. The molecule has 0 aromatic heterocycles. The van der Waals surface area contributed by atoms with E-state index in [9.17, 15) is 4.79 Å². The molecule has 1 heterocycles. The number of thiocarbonyl (C=S) groups is 1. The molecule has 0 radical (unpaired) electrons. The Bertz CT molecular complexity index is 268. The standard InChI is InChI=1S/C13H24N2OS/c1-2-3-4-5-6-9-12(16)15-10-7-8-11(15)13(14)17/h11H,2-10H2,1H3,(H2,14,17). The van der Waals surface area contributed by atoms with E-state index in [0.29, 0.717) is 11.4 Å². The lowest BCUT2D eigenvalue weighted by Crippen LogP contribution is -2.42. The summed E-state index contributed by atoms with van der Waals surface area (Å²) in [5, 5.41) is 0. The van der Waals surface area contributed by atoms with E-state index in [1.165, 1.54) is 19.3 Å². The van der Waals surface area contributed by atoms with E-state index in [1.807, 2.05) is 4.90 Å². The lowest BCUT2D eigenvalue weighted by molar-refractivity contribution is -0.131. The van der Waals surface area contributed by atoms with E-state index in [-0.39, 0.29) is 11.9 Å². The highest BCUT2D eigenvalue weighted by Crippen LogP contribution is 2.19. The topological polar surface area (TPSA) is 46.3 Å². The predicted octanol–water partition coefficient (Wildman–Crippen LogP) is 2.62. The van der Waals surface area contributed by atoms with Gasteiger partial charge < -0.3 is 10.6 Å². The fourth-order valence-electron chi connectivity index (χ4n) is 2.38. The molecule has 1 rings (SSSR count). The number of rotatable bonds is 7. The van der Waals surface area contributed by atoms with Crippen LogP contribution in [-0.2, 0) is 4.79 Å². The van der Waals surface area contributed by atoms with Gasteiger partial charge in [-0.2, -0.15) is 0 Å². The van der Waals surface area contributed by atoms with Crippen molar-refractivity contribution in [1.29, 1.82) is 0 Å². The number of nitrogens with two attached hydrogens (primary N) is 1. The largest absolute Gasteiger partial charge is 0.392 e. The van der Waals surface area contributed by atoms with Crippen LogP contribution >= 0.6 is 12.2 Å². The van der Waals surface area contributed by atoms with Gasteiger partial charge in [0.1, 0.15) is 0 Å². The number of nitrogens with zero attached hydrogens (tertiary/aromatic N) is 1. The van der Waals surface area contributed by atoms with Crippen LogP contribution in [0.1, 0.15) is 58.3 Å². The number of hydrogen-bond donors (Lipinski definition) is 1. The third-order valence-electron chi connectivity index (χ3n) is 3.40. The molecule has 3 nitrogen and oxygen atoms in total.